The molecule has 0 unspecified atom stereocenters. The van der Waals surface area contributed by atoms with Gasteiger partial charge >= 0.3 is 0 Å². The molecule has 0 aliphatic heterocycles. The first-order chi connectivity index (χ1) is 10.2. The molecule has 108 valence electrons. The molecule has 0 radical (unpaired) electrons. The van der Waals surface area contributed by atoms with E-state index in [0.717, 1.165) is 22.2 Å². The highest BCUT2D eigenvalue weighted by Gasteiger charge is 2.10. The molecule has 0 bridgehead atoms. The number of hydrogen-bond acceptors (Lipinski definition) is 5. The second-order valence-electron chi connectivity index (χ2n) is 4.28. The fraction of sp³-hybridized carbons (Fsp3) is 0.154. The van der Waals surface area contributed by atoms with Crippen molar-refractivity contribution < 1.29 is 0 Å². The number of benzene rings is 1. The number of fused-ring (bicyclic) bond motifs is 1. The summed E-state index contributed by atoms with van der Waals surface area (Å²) < 4.78 is 0.845. The minimum absolute atomic E-state index is 0.530. The van der Waals surface area contributed by atoms with E-state index in [2.05, 4.69) is 46.5 Å². The fourth-order valence-electron chi connectivity index (χ4n) is 1.87. The normalized spacial score (nSPS) is 10.8. The molecule has 0 spiro atoms. The molecule has 8 heteroatoms. The van der Waals surface area contributed by atoms with Gasteiger partial charge in [-0.15, -0.1) is 0 Å². The maximum atomic E-state index is 6.11. The summed E-state index contributed by atoms with van der Waals surface area (Å²) in [5.74, 6) is 1.18. The molecule has 0 amide bonds. The summed E-state index contributed by atoms with van der Waals surface area (Å²) in [6.45, 7) is 2.72. The zero-order chi connectivity index (χ0) is 14.8. The Morgan fingerprint density at radius 2 is 2.19 bits per heavy atom. The third kappa shape index (κ3) is 2.93. The van der Waals surface area contributed by atoms with E-state index in [0.29, 0.717) is 22.4 Å². The molecule has 0 saturated heterocycles. The first-order valence-electron chi connectivity index (χ1n) is 6.34. The van der Waals surface area contributed by atoms with Gasteiger partial charge in [-0.25, -0.2) is 4.98 Å². The van der Waals surface area contributed by atoms with Crippen LogP contribution in [0.1, 0.15) is 6.92 Å². The number of imidazole rings is 1. The number of anilines is 3. The van der Waals surface area contributed by atoms with Crippen molar-refractivity contribution >= 4 is 56.1 Å². The predicted octanol–water partition coefficient (Wildman–Crippen LogP) is 3.94. The molecular formula is C13H12BrClN6. The maximum Gasteiger partial charge on any atom is 0.226 e. The van der Waals surface area contributed by atoms with Gasteiger partial charge in [-0.05, 0) is 41.1 Å². The maximum absolute atomic E-state index is 6.11. The van der Waals surface area contributed by atoms with Crippen LogP contribution in [0.3, 0.4) is 0 Å². The topological polar surface area (TPSA) is 78.5 Å². The Labute approximate surface area is 134 Å². The van der Waals surface area contributed by atoms with Gasteiger partial charge in [0.05, 0.1) is 11.3 Å². The summed E-state index contributed by atoms with van der Waals surface area (Å²) in [5.41, 5.74) is 2.18. The third-order valence-corrected chi connectivity index (χ3v) is 4.04. The summed E-state index contributed by atoms with van der Waals surface area (Å²) in [5, 5.41) is 6.95. The van der Waals surface area contributed by atoms with E-state index in [1.165, 1.54) is 0 Å². The molecule has 0 saturated carbocycles. The molecule has 2 aromatic heterocycles. The summed E-state index contributed by atoms with van der Waals surface area (Å²) in [6.07, 6.45) is 1.59. The van der Waals surface area contributed by atoms with Crippen LogP contribution in [0.15, 0.2) is 29.0 Å². The van der Waals surface area contributed by atoms with Gasteiger partial charge in [0, 0.05) is 16.7 Å². The van der Waals surface area contributed by atoms with Gasteiger partial charge in [-0.2, -0.15) is 9.97 Å². The zero-order valence-electron chi connectivity index (χ0n) is 11.1. The number of aromatic amines is 1. The van der Waals surface area contributed by atoms with E-state index in [9.17, 15) is 0 Å². The minimum atomic E-state index is 0.530. The van der Waals surface area contributed by atoms with Gasteiger partial charge in [-0.1, -0.05) is 11.6 Å². The van der Waals surface area contributed by atoms with Gasteiger partial charge < -0.3 is 15.6 Å². The Morgan fingerprint density at radius 3 is 2.95 bits per heavy atom. The minimum Gasteiger partial charge on any atom is -0.354 e. The van der Waals surface area contributed by atoms with Crippen molar-refractivity contribution in [3.8, 4) is 0 Å². The van der Waals surface area contributed by atoms with Gasteiger partial charge in [0.2, 0.25) is 5.95 Å². The standard InChI is InChI=1S/C13H12BrClN6/c1-2-16-13-20-11-10(17-6-18-11)12(21-13)19-7-3-4-8(14)9(15)5-7/h3-6H,2H2,1H3,(H3,16,17,18,19,20,21). The lowest BCUT2D eigenvalue weighted by Gasteiger charge is -2.09. The quantitative estimate of drug-likeness (QED) is 0.651. The van der Waals surface area contributed by atoms with Crippen molar-refractivity contribution in [1.82, 2.24) is 19.9 Å². The number of halogens is 2. The molecule has 3 aromatic rings. The molecule has 3 rings (SSSR count). The average molecular weight is 368 g/mol. The van der Waals surface area contributed by atoms with E-state index in [1.807, 2.05) is 25.1 Å². The van der Waals surface area contributed by atoms with Crippen LogP contribution < -0.4 is 10.6 Å². The molecule has 2 heterocycles. The molecule has 1 aromatic carbocycles. The fourth-order valence-corrected chi connectivity index (χ4v) is 2.30. The van der Waals surface area contributed by atoms with Crippen LogP contribution in [0.5, 0.6) is 0 Å². The smallest absolute Gasteiger partial charge is 0.226 e. The lowest BCUT2D eigenvalue weighted by molar-refractivity contribution is 1.10. The first kappa shape index (κ1) is 14.1. The van der Waals surface area contributed by atoms with Crippen molar-refractivity contribution in [2.75, 3.05) is 17.2 Å². The van der Waals surface area contributed by atoms with Crippen LogP contribution >= 0.6 is 27.5 Å². The van der Waals surface area contributed by atoms with Crippen LogP contribution in [0.2, 0.25) is 5.02 Å². The lowest BCUT2D eigenvalue weighted by Crippen LogP contribution is -2.05. The third-order valence-electron chi connectivity index (χ3n) is 2.80. The Bertz CT molecular complexity index is 787. The van der Waals surface area contributed by atoms with E-state index in [1.54, 1.807) is 6.33 Å². The second-order valence-corrected chi connectivity index (χ2v) is 5.54. The van der Waals surface area contributed by atoms with E-state index < -0.39 is 0 Å². The van der Waals surface area contributed by atoms with Gasteiger partial charge in [0.25, 0.3) is 0 Å². The predicted molar refractivity (Wildman–Crippen MR) is 88.3 cm³/mol. The number of nitrogens with one attached hydrogen (secondary N) is 3. The monoisotopic (exact) mass is 366 g/mol. The Balaban J connectivity index is 2.01. The van der Waals surface area contributed by atoms with Crippen molar-refractivity contribution in [2.45, 2.75) is 6.92 Å². The molecule has 0 fully saturated rings. The van der Waals surface area contributed by atoms with E-state index in [-0.39, 0.29) is 0 Å². The average Bonchev–Trinajstić information content (AvgIpc) is 2.92. The first-order valence-corrected chi connectivity index (χ1v) is 7.51. The van der Waals surface area contributed by atoms with Gasteiger partial charge in [0.15, 0.2) is 11.5 Å². The molecule has 0 aliphatic rings. The summed E-state index contributed by atoms with van der Waals surface area (Å²) >= 11 is 9.48. The molecule has 0 aliphatic carbocycles. The number of hydrogen-bond donors (Lipinski definition) is 3. The summed E-state index contributed by atoms with van der Waals surface area (Å²) in [6, 6.07) is 5.61. The highest BCUT2D eigenvalue weighted by molar-refractivity contribution is 9.10. The highest BCUT2D eigenvalue weighted by atomic mass is 79.9. The van der Waals surface area contributed by atoms with Gasteiger partial charge in [-0.3, -0.25) is 0 Å². The number of aromatic nitrogens is 4. The Kier molecular flexibility index (Phi) is 3.94. The summed E-state index contributed by atoms with van der Waals surface area (Å²) in [7, 11) is 0. The second kappa shape index (κ2) is 5.87. The number of rotatable bonds is 4. The van der Waals surface area contributed by atoms with Gasteiger partial charge in [0.1, 0.15) is 5.52 Å². The van der Waals surface area contributed by atoms with Crippen molar-refractivity contribution in [2.24, 2.45) is 0 Å². The van der Waals surface area contributed by atoms with Crippen LogP contribution in [0.25, 0.3) is 11.2 Å². The van der Waals surface area contributed by atoms with Crippen LogP contribution in [0, 0.1) is 0 Å². The largest absolute Gasteiger partial charge is 0.354 e. The van der Waals surface area contributed by atoms with Crippen molar-refractivity contribution in [3.05, 3.63) is 34.0 Å². The Morgan fingerprint density at radius 1 is 1.33 bits per heavy atom. The van der Waals surface area contributed by atoms with Crippen LogP contribution in [-0.2, 0) is 0 Å². The molecule has 3 N–H and O–H groups in total. The van der Waals surface area contributed by atoms with Crippen molar-refractivity contribution in [1.29, 1.82) is 0 Å². The molecule has 6 nitrogen and oxygen atoms in total. The van der Waals surface area contributed by atoms with Crippen LogP contribution in [-0.4, -0.2) is 26.5 Å². The lowest BCUT2D eigenvalue weighted by atomic mass is 10.3. The van der Waals surface area contributed by atoms with Crippen molar-refractivity contribution in [3.63, 3.8) is 0 Å². The molecule has 21 heavy (non-hydrogen) atoms. The Hall–Kier alpha value is -1.86. The van der Waals surface area contributed by atoms with Crippen LogP contribution in [0.4, 0.5) is 17.5 Å². The number of nitrogens with zero attached hydrogens (tertiary/aromatic N) is 3. The highest BCUT2D eigenvalue weighted by Crippen LogP contribution is 2.28. The zero-order valence-corrected chi connectivity index (χ0v) is 13.5. The number of H-pyrrole nitrogens is 1. The van der Waals surface area contributed by atoms with E-state index >= 15 is 0 Å². The summed E-state index contributed by atoms with van der Waals surface area (Å²) in [4.78, 5) is 16.0. The SMILES string of the molecule is CCNc1nc(Nc2ccc(Br)c(Cl)c2)c2[nH]cnc2n1. The molecule has 0 atom stereocenters. The molecular weight excluding hydrogens is 356 g/mol. The van der Waals surface area contributed by atoms with E-state index in [4.69, 9.17) is 11.6 Å².